The molecular weight excluding hydrogens is 330 g/mol. The fourth-order valence-corrected chi connectivity index (χ4v) is 3.84. The first-order valence-electron chi connectivity index (χ1n) is 7.73. The topological polar surface area (TPSA) is 46.2 Å². The second-order valence-electron chi connectivity index (χ2n) is 5.58. The molecule has 23 heavy (non-hydrogen) atoms. The molecule has 2 rings (SSSR count). The van der Waals surface area contributed by atoms with Gasteiger partial charge in [-0.05, 0) is 37.5 Å². The van der Waals surface area contributed by atoms with Gasteiger partial charge in [0.2, 0.25) is 10.0 Å². The van der Waals surface area contributed by atoms with Gasteiger partial charge < -0.3 is 0 Å². The van der Waals surface area contributed by atoms with Gasteiger partial charge in [-0.25, -0.2) is 13.1 Å². The predicted octanol–water partition coefficient (Wildman–Crippen LogP) is 4.42. The van der Waals surface area contributed by atoms with Crippen LogP contribution in [-0.4, -0.2) is 14.3 Å². The number of aryl methyl sites for hydroxylation is 1. The van der Waals surface area contributed by atoms with Crippen LogP contribution in [0.2, 0.25) is 0 Å². The molecule has 0 spiro atoms. The van der Waals surface area contributed by atoms with Gasteiger partial charge in [0.05, 0.1) is 4.90 Å². The van der Waals surface area contributed by atoms with Crippen LogP contribution in [0.3, 0.4) is 0 Å². The molecule has 0 aliphatic rings. The normalized spacial score (nSPS) is 13.0. The lowest BCUT2D eigenvalue weighted by molar-refractivity contribution is 0.526. The molecule has 0 saturated carbocycles. The van der Waals surface area contributed by atoms with Crippen LogP contribution in [0.5, 0.6) is 0 Å². The Morgan fingerprint density at radius 2 is 1.65 bits per heavy atom. The van der Waals surface area contributed by atoms with E-state index in [-0.39, 0.29) is 6.04 Å². The molecule has 0 aliphatic heterocycles. The summed E-state index contributed by atoms with van der Waals surface area (Å²) in [6.07, 6.45) is 2.47. The Hall–Kier alpha value is -1.36. The number of rotatable bonds is 8. The third kappa shape index (κ3) is 5.34. The van der Waals surface area contributed by atoms with Gasteiger partial charge in [-0.2, -0.15) is 0 Å². The van der Waals surface area contributed by atoms with E-state index in [1.54, 1.807) is 24.3 Å². The molecule has 0 fully saturated rings. The van der Waals surface area contributed by atoms with Crippen molar-refractivity contribution in [3.8, 4) is 0 Å². The summed E-state index contributed by atoms with van der Waals surface area (Å²) in [5.41, 5.74) is 2.00. The van der Waals surface area contributed by atoms with Gasteiger partial charge in [0.25, 0.3) is 0 Å². The van der Waals surface area contributed by atoms with Crippen molar-refractivity contribution in [2.24, 2.45) is 0 Å². The molecule has 0 radical (unpaired) electrons. The van der Waals surface area contributed by atoms with E-state index < -0.39 is 10.0 Å². The summed E-state index contributed by atoms with van der Waals surface area (Å²) in [5.74, 6) is 0.590. The van der Waals surface area contributed by atoms with E-state index in [1.807, 2.05) is 37.3 Å². The summed E-state index contributed by atoms with van der Waals surface area (Å²) < 4.78 is 28.1. The van der Waals surface area contributed by atoms with Crippen LogP contribution < -0.4 is 4.72 Å². The van der Waals surface area contributed by atoms with Crippen LogP contribution in [0.15, 0.2) is 59.5 Å². The first-order chi connectivity index (χ1) is 11.0. The number of benzene rings is 2. The summed E-state index contributed by atoms with van der Waals surface area (Å²) in [7, 11) is -3.54. The zero-order valence-electron chi connectivity index (χ0n) is 13.2. The minimum Gasteiger partial charge on any atom is -0.207 e. The van der Waals surface area contributed by atoms with Crippen molar-refractivity contribution in [2.45, 2.75) is 37.1 Å². The predicted molar refractivity (Wildman–Crippen MR) is 95.3 cm³/mol. The van der Waals surface area contributed by atoms with Crippen molar-refractivity contribution in [1.29, 1.82) is 0 Å². The quantitative estimate of drug-likeness (QED) is 0.565. The van der Waals surface area contributed by atoms with Gasteiger partial charge in [-0.3, -0.25) is 0 Å². The lowest BCUT2D eigenvalue weighted by atomic mass is 10.0. The average molecular weight is 352 g/mol. The second kappa shape index (κ2) is 8.48. The van der Waals surface area contributed by atoms with Crippen molar-refractivity contribution < 1.29 is 8.42 Å². The Morgan fingerprint density at radius 3 is 2.26 bits per heavy atom. The molecule has 1 N–H and O–H groups in total. The van der Waals surface area contributed by atoms with Gasteiger partial charge in [0, 0.05) is 11.9 Å². The maximum absolute atomic E-state index is 12.6. The lowest BCUT2D eigenvalue weighted by Gasteiger charge is -2.19. The molecule has 0 aliphatic carbocycles. The third-order valence-corrected chi connectivity index (χ3v) is 5.46. The minimum atomic E-state index is -3.54. The third-order valence-electron chi connectivity index (χ3n) is 3.71. The van der Waals surface area contributed by atoms with E-state index in [2.05, 4.69) is 4.72 Å². The van der Waals surface area contributed by atoms with E-state index in [0.29, 0.717) is 10.8 Å². The molecule has 3 nitrogen and oxygen atoms in total. The number of nitrogens with one attached hydrogen (secondary N) is 1. The number of hydrogen-bond acceptors (Lipinski definition) is 2. The van der Waals surface area contributed by atoms with Crippen molar-refractivity contribution in [3.63, 3.8) is 0 Å². The average Bonchev–Trinajstić information content (AvgIpc) is 2.55. The van der Waals surface area contributed by atoms with Crippen LogP contribution in [0.4, 0.5) is 0 Å². The van der Waals surface area contributed by atoms with E-state index in [0.717, 1.165) is 30.4 Å². The Morgan fingerprint density at radius 1 is 1.00 bits per heavy atom. The van der Waals surface area contributed by atoms with Crippen LogP contribution in [0.25, 0.3) is 0 Å². The summed E-state index contributed by atoms with van der Waals surface area (Å²) >= 11 is 5.74. The highest BCUT2D eigenvalue weighted by atomic mass is 35.5. The Labute approximate surface area is 143 Å². The Balaban J connectivity index is 2.20. The summed E-state index contributed by atoms with van der Waals surface area (Å²) in [5, 5.41) is 0. The zero-order chi connectivity index (χ0) is 16.7. The smallest absolute Gasteiger partial charge is 0.207 e. The molecule has 0 amide bonds. The van der Waals surface area contributed by atoms with Gasteiger partial charge in [-0.15, -0.1) is 11.6 Å². The number of alkyl halides is 1. The number of hydrogen-bond donors (Lipinski definition) is 1. The zero-order valence-corrected chi connectivity index (χ0v) is 14.8. The molecule has 2 aromatic rings. The minimum absolute atomic E-state index is 0.245. The molecule has 1 atom stereocenters. The van der Waals surface area contributed by atoms with Gasteiger partial charge in [0.1, 0.15) is 0 Å². The SMILES string of the molecule is Cc1ccc(S(=O)(=O)NC(CCCCCl)c2ccccc2)cc1. The molecule has 124 valence electrons. The van der Waals surface area contributed by atoms with Crippen molar-refractivity contribution in [3.05, 3.63) is 65.7 Å². The number of unbranched alkanes of at least 4 members (excludes halogenated alkanes) is 1. The van der Waals surface area contributed by atoms with E-state index in [9.17, 15) is 8.42 Å². The molecule has 2 aromatic carbocycles. The summed E-state index contributed by atoms with van der Waals surface area (Å²) in [6.45, 7) is 1.93. The van der Waals surface area contributed by atoms with Crippen LogP contribution in [0, 0.1) is 6.92 Å². The van der Waals surface area contributed by atoms with Crippen molar-refractivity contribution in [2.75, 3.05) is 5.88 Å². The Bertz CT molecular complexity index is 700. The molecule has 0 bridgehead atoms. The molecule has 1 unspecified atom stereocenters. The van der Waals surface area contributed by atoms with E-state index in [4.69, 9.17) is 11.6 Å². The summed E-state index contributed by atoms with van der Waals surface area (Å²) in [4.78, 5) is 0.293. The van der Waals surface area contributed by atoms with E-state index in [1.165, 1.54) is 0 Å². The van der Waals surface area contributed by atoms with Gasteiger partial charge >= 0.3 is 0 Å². The van der Waals surface area contributed by atoms with Crippen molar-refractivity contribution in [1.82, 2.24) is 4.72 Å². The fourth-order valence-electron chi connectivity index (χ4n) is 2.39. The lowest BCUT2D eigenvalue weighted by Crippen LogP contribution is -2.28. The van der Waals surface area contributed by atoms with Crippen LogP contribution in [-0.2, 0) is 10.0 Å². The molecule has 0 heterocycles. The van der Waals surface area contributed by atoms with Gasteiger partial charge in [-0.1, -0.05) is 54.4 Å². The molecule has 0 saturated heterocycles. The largest absolute Gasteiger partial charge is 0.241 e. The molecule has 5 heteroatoms. The molecular formula is C18H22ClNO2S. The maximum atomic E-state index is 12.6. The number of halogens is 1. The van der Waals surface area contributed by atoms with E-state index >= 15 is 0 Å². The molecule has 0 aromatic heterocycles. The summed E-state index contributed by atoms with van der Waals surface area (Å²) in [6, 6.07) is 16.3. The fraction of sp³-hybridized carbons (Fsp3) is 0.333. The highest BCUT2D eigenvalue weighted by molar-refractivity contribution is 7.89. The Kier molecular flexibility index (Phi) is 6.63. The van der Waals surface area contributed by atoms with Crippen LogP contribution in [0.1, 0.15) is 36.4 Å². The second-order valence-corrected chi connectivity index (χ2v) is 7.67. The number of sulfonamides is 1. The standard InChI is InChI=1S/C18H22ClNO2S/c1-15-10-12-17(13-11-15)23(21,22)20-18(9-5-6-14-19)16-7-3-2-4-8-16/h2-4,7-8,10-13,18,20H,5-6,9,14H2,1H3. The highest BCUT2D eigenvalue weighted by Gasteiger charge is 2.21. The van der Waals surface area contributed by atoms with Gasteiger partial charge in [0.15, 0.2) is 0 Å². The monoisotopic (exact) mass is 351 g/mol. The first-order valence-corrected chi connectivity index (χ1v) is 9.74. The maximum Gasteiger partial charge on any atom is 0.241 e. The van der Waals surface area contributed by atoms with Crippen LogP contribution >= 0.6 is 11.6 Å². The first kappa shape index (κ1) is 18.0. The highest BCUT2D eigenvalue weighted by Crippen LogP contribution is 2.22. The van der Waals surface area contributed by atoms with Crippen molar-refractivity contribution >= 4 is 21.6 Å².